The van der Waals surface area contributed by atoms with Gasteiger partial charge in [0.1, 0.15) is 0 Å². The Balaban J connectivity index is 2.31. The number of nitrogens with zero attached hydrogens (tertiary/aromatic N) is 2. The molecular formula is C11H22N4OS. The molecule has 1 rings (SSSR count). The molecule has 0 aliphatic rings. The predicted octanol–water partition coefficient (Wildman–Crippen LogP) is 1.88. The molecule has 1 aromatic rings. The summed E-state index contributed by atoms with van der Waals surface area (Å²) in [5.74, 6) is 1.18. The highest BCUT2D eigenvalue weighted by Crippen LogP contribution is 2.34. The molecular weight excluding hydrogens is 236 g/mol. The number of nitrogen functional groups attached to an aromatic ring is 1. The van der Waals surface area contributed by atoms with Crippen molar-refractivity contribution in [2.24, 2.45) is 0 Å². The Morgan fingerprint density at radius 1 is 1.41 bits per heavy atom. The molecule has 0 aromatic carbocycles. The summed E-state index contributed by atoms with van der Waals surface area (Å²) < 4.78 is 9.54. The van der Waals surface area contributed by atoms with Crippen molar-refractivity contribution in [3.63, 3.8) is 0 Å². The van der Waals surface area contributed by atoms with Crippen LogP contribution in [0, 0.1) is 0 Å². The monoisotopic (exact) mass is 258 g/mol. The number of hydrogen-bond acceptors (Lipinski definition) is 6. The molecule has 0 aliphatic carbocycles. The molecule has 1 heterocycles. The van der Waals surface area contributed by atoms with Gasteiger partial charge in [0.05, 0.1) is 6.61 Å². The fraction of sp³-hybridized carbons (Fsp3) is 0.727. The number of nitrogens with one attached hydrogen (secondary N) is 1. The van der Waals surface area contributed by atoms with E-state index >= 15 is 0 Å². The van der Waals surface area contributed by atoms with Crippen molar-refractivity contribution in [3.05, 3.63) is 0 Å². The number of nitrogens with two attached hydrogens (primary N) is 1. The van der Waals surface area contributed by atoms with Gasteiger partial charge < -0.3 is 20.7 Å². The SMILES string of the molecule is CCOc1c(N)nsc1NCCCCN(C)C. The maximum Gasteiger partial charge on any atom is 0.197 e. The fourth-order valence-electron chi connectivity index (χ4n) is 1.45. The molecule has 3 N–H and O–H groups in total. The van der Waals surface area contributed by atoms with E-state index in [9.17, 15) is 0 Å². The zero-order valence-electron chi connectivity index (χ0n) is 10.8. The van der Waals surface area contributed by atoms with Gasteiger partial charge in [0, 0.05) is 6.54 Å². The largest absolute Gasteiger partial charge is 0.487 e. The van der Waals surface area contributed by atoms with Crippen LogP contribution in [0.1, 0.15) is 19.8 Å². The molecule has 0 amide bonds. The van der Waals surface area contributed by atoms with Gasteiger partial charge in [-0.1, -0.05) is 0 Å². The second-order valence-corrected chi connectivity index (χ2v) is 4.87. The van der Waals surface area contributed by atoms with E-state index in [-0.39, 0.29) is 0 Å². The van der Waals surface area contributed by atoms with Crippen LogP contribution < -0.4 is 15.8 Å². The highest BCUT2D eigenvalue weighted by molar-refractivity contribution is 7.11. The molecule has 0 fully saturated rings. The minimum Gasteiger partial charge on any atom is -0.487 e. The lowest BCUT2D eigenvalue weighted by atomic mass is 10.3. The maximum absolute atomic E-state index is 5.73. The number of anilines is 2. The third-order valence-corrected chi connectivity index (χ3v) is 3.08. The summed E-state index contributed by atoms with van der Waals surface area (Å²) in [4.78, 5) is 2.19. The smallest absolute Gasteiger partial charge is 0.197 e. The summed E-state index contributed by atoms with van der Waals surface area (Å²) >= 11 is 1.36. The van der Waals surface area contributed by atoms with Gasteiger partial charge >= 0.3 is 0 Å². The summed E-state index contributed by atoms with van der Waals surface area (Å²) in [7, 11) is 4.18. The molecule has 0 atom stereocenters. The molecule has 1 aromatic heterocycles. The van der Waals surface area contributed by atoms with Crippen LogP contribution in [0.3, 0.4) is 0 Å². The van der Waals surface area contributed by atoms with Gasteiger partial charge in [0.25, 0.3) is 0 Å². The van der Waals surface area contributed by atoms with Crippen LogP contribution in [0.4, 0.5) is 10.8 Å². The van der Waals surface area contributed by atoms with E-state index < -0.39 is 0 Å². The Labute approximate surface area is 107 Å². The lowest BCUT2D eigenvalue weighted by Gasteiger charge is -2.10. The summed E-state index contributed by atoms with van der Waals surface area (Å²) in [5, 5.41) is 4.26. The first kappa shape index (κ1) is 14.1. The Morgan fingerprint density at radius 3 is 2.82 bits per heavy atom. The molecule has 0 saturated heterocycles. The lowest BCUT2D eigenvalue weighted by molar-refractivity contribution is 0.344. The lowest BCUT2D eigenvalue weighted by Crippen LogP contribution is -2.14. The molecule has 17 heavy (non-hydrogen) atoms. The number of ether oxygens (including phenoxy) is 1. The third-order valence-electron chi connectivity index (χ3n) is 2.28. The first-order valence-electron chi connectivity index (χ1n) is 5.91. The molecule has 0 aliphatic heterocycles. The summed E-state index contributed by atoms with van der Waals surface area (Å²) in [6.45, 7) is 4.59. The molecule has 98 valence electrons. The zero-order valence-corrected chi connectivity index (χ0v) is 11.6. The summed E-state index contributed by atoms with van der Waals surface area (Å²) in [6, 6.07) is 0. The van der Waals surface area contributed by atoms with E-state index in [2.05, 4.69) is 28.7 Å². The van der Waals surface area contributed by atoms with E-state index in [1.807, 2.05) is 6.92 Å². The van der Waals surface area contributed by atoms with Gasteiger partial charge in [0.2, 0.25) is 0 Å². The molecule has 0 radical (unpaired) electrons. The number of rotatable bonds is 8. The van der Waals surface area contributed by atoms with Gasteiger partial charge in [-0.3, -0.25) is 0 Å². The minimum absolute atomic E-state index is 0.479. The number of unbranched alkanes of at least 4 members (excludes halogenated alkanes) is 1. The molecule has 0 bridgehead atoms. The standard InChI is InChI=1S/C11H22N4OS/c1-4-16-9-10(12)14-17-11(9)13-7-5-6-8-15(2)3/h13H,4-8H2,1-3H3,(H2,12,14). The topological polar surface area (TPSA) is 63.4 Å². The van der Waals surface area contributed by atoms with Gasteiger partial charge in [-0.05, 0) is 51.9 Å². The highest BCUT2D eigenvalue weighted by atomic mass is 32.1. The van der Waals surface area contributed by atoms with Gasteiger partial charge in [-0.25, -0.2) is 0 Å². The Kier molecular flexibility index (Phi) is 6.07. The Morgan fingerprint density at radius 2 is 2.18 bits per heavy atom. The van der Waals surface area contributed by atoms with E-state index in [1.165, 1.54) is 18.0 Å². The van der Waals surface area contributed by atoms with Crippen molar-refractivity contribution in [3.8, 4) is 5.75 Å². The van der Waals surface area contributed by atoms with Gasteiger partial charge in [-0.2, -0.15) is 4.37 Å². The summed E-state index contributed by atoms with van der Waals surface area (Å²) in [5.41, 5.74) is 5.73. The van der Waals surface area contributed by atoms with Gasteiger partial charge in [-0.15, -0.1) is 0 Å². The second kappa shape index (κ2) is 7.34. The van der Waals surface area contributed by atoms with E-state index in [1.54, 1.807) is 0 Å². The van der Waals surface area contributed by atoms with Crippen molar-refractivity contribution in [1.29, 1.82) is 0 Å². The molecule has 0 saturated carbocycles. The molecule has 6 heteroatoms. The normalized spacial score (nSPS) is 10.8. The Hall–Kier alpha value is -1.01. The van der Waals surface area contributed by atoms with Crippen LogP contribution in [0.15, 0.2) is 0 Å². The van der Waals surface area contributed by atoms with E-state index in [4.69, 9.17) is 10.5 Å². The summed E-state index contributed by atoms with van der Waals surface area (Å²) in [6.07, 6.45) is 2.31. The molecule has 0 unspecified atom stereocenters. The van der Waals surface area contributed by atoms with Crippen molar-refractivity contribution < 1.29 is 4.74 Å². The minimum atomic E-state index is 0.479. The molecule has 0 spiro atoms. The maximum atomic E-state index is 5.73. The number of aromatic nitrogens is 1. The van der Waals surface area contributed by atoms with Crippen LogP contribution in [0.25, 0.3) is 0 Å². The number of hydrogen-bond donors (Lipinski definition) is 2. The highest BCUT2D eigenvalue weighted by Gasteiger charge is 2.11. The van der Waals surface area contributed by atoms with Crippen LogP contribution in [-0.4, -0.2) is 43.1 Å². The van der Waals surface area contributed by atoms with Crippen LogP contribution in [0.5, 0.6) is 5.75 Å². The Bertz CT molecular complexity index is 327. The first-order chi connectivity index (χ1) is 8.15. The van der Waals surface area contributed by atoms with E-state index in [0.29, 0.717) is 18.2 Å². The average molecular weight is 258 g/mol. The van der Waals surface area contributed by atoms with E-state index in [0.717, 1.165) is 24.5 Å². The van der Waals surface area contributed by atoms with Gasteiger partial charge in [0.15, 0.2) is 16.6 Å². The first-order valence-corrected chi connectivity index (χ1v) is 6.69. The second-order valence-electron chi connectivity index (χ2n) is 4.10. The predicted molar refractivity (Wildman–Crippen MR) is 74.0 cm³/mol. The van der Waals surface area contributed by atoms with Crippen molar-refractivity contribution in [1.82, 2.24) is 9.27 Å². The quantitative estimate of drug-likeness (QED) is 0.697. The van der Waals surface area contributed by atoms with Crippen molar-refractivity contribution >= 4 is 22.4 Å². The van der Waals surface area contributed by atoms with Crippen LogP contribution in [-0.2, 0) is 0 Å². The fourth-order valence-corrected chi connectivity index (χ4v) is 2.13. The molecule has 5 nitrogen and oxygen atoms in total. The van der Waals surface area contributed by atoms with Crippen molar-refractivity contribution in [2.45, 2.75) is 19.8 Å². The van der Waals surface area contributed by atoms with Crippen molar-refractivity contribution in [2.75, 3.05) is 44.8 Å². The zero-order chi connectivity index (χ0) is 12.7. The van der Waals surface area contributed by atoms with Crippen LogP contribution in [0.2, 0.25) is 0 Å². The van der Waals surface area contributed by atoms with Crippen LogP contribution >= 0.6 is 11.5 Å². The third kappa shape index (κ3) is 4.79. The average Bonchev–Trinajstić information content (AvgIpc) is 2.61.